The van der Waals surface area contributed by atoms with E-state index in [2.05, 4.69) is 26.2 Å². The molecule has 1 N–H and O–H groups in total. The standard InChI is InChI=1S/C14H10BrF3N2O/c1-8-11(15)5-6-12(19-8)20-13(21)9-3-2-4-10(7-9)14(16,17)18/h2-7H,1H3,(H,19,20,21). The number of halogens is 4. The van der Waals surface area contributed by atoms with E-state index in [1.54, 1.807) is 19.1 Å². The highest BCUT2D eigenvalue weighted by Gasteiger charge is 2.30. The van der Waals surface area contributed by atoms with E-state index < -0.39 is 17.6 Å². The second-order valence-electron chi connectivity index (χ2n) is 4.30. The van der Waals surface area contributed by atoms with Crippen LogP contribution >= 0.6 is 15.9 Å². The summed E-state index contributed by atoms with van der Waals surface area (Å²) in [5.74, 6) is -0.367. The van der Waals surface area contributed by atoms with Gasteiger partial charge >= 0.3 is 6.18 Å². The van der Waals surface area contributed by atoms with Crippen LogP contribution in [-0.2, 0) is 6.18 Å². The molecule has 2 rings (SSSR count). The number of nitrogens with one attached hydrogen (secondary N) is 1. The molecule has 0 aliphatic carbocycles. The molecule has 0 spiro atoms. The fourth-order valence-corrected chi connectivity index (χ4v) is 1.86. The van der Waals surface area contributed by atoms with Gasteiger partial charge in [-0.05, 0) is 53.2 Å². The summed E-state index contributed by atoms with van der Waals surface area (Å²) in [6.45, 7) is 1.74. The largest absolute Gasteiger partial charge is 0.416 e. The summed E-state index contributed by atoms with van der Waals surface area (Å²) in [6.07, 6.45) is -4.48. The van der Waals surface area contributed by atoms with Crippen LogP contribution in [0.4, 0.5) is 19.0 Å². The minimum Gasteiger partial charge on any atom is -0.307 e. The van der Waals surface area contributed by atoms with Crippen molar-refractivity contribution in [1.82, 2.24) is 4.98 Å². The minimum absolute atomic E-state index is 0.0767. The highest BCUT2D eigenvalue weighted by atomic mass is 79.9. The van der Waals surface area contributed by atoms with E-state index in [-0.39, 0.29) is 11.4 Å². The number of rotatable bonds is 2. The van der Waals surface area contributed by atoms with Crippen LogP contribution in [0.15, 0.2) is 40.9 Å². The summed E-state index contributed by atoms with van der Waals surface area (Å²) in [7, 11) is 0. The first-order chi connectivity index (χ1) is 9.77. The van der Waals surface area contributed by atoms with Crippen LogP contribution in [0.5, 0.6) is 0 Å². The van der Waals surface area contributed by atoms with Gasteiger partial charge in [0.15, 0.2) is 0 Å². The molecule has 0 radical (unpaired) electrons. The summed E-state index contributed by atoms with van der Waals surface area (Å²) in [5, 5.41) is 2.47. The lowest BCUT2D eigenvalue weighted by molar-refractivity contribution is -0.137. The van der Waals surface area contributed by atoms with Crippen molar-refractivity contribution < 1.29 is 18.0 Å². The summed E-state index contributed by atoms with van der Waals surface area (Å²) in [5.41, 5.74) is -0.279. The van der Waals surface area contributed by atoms with Crippen LogP contribution in [0, 0.1) is 6.92 Å². The number of anilines is 1. The van der Waals surface area contributed by atoms with Crippen molar-refractivity contribution >= 4 is 27.7 Å². The number of hydrogen-bond donors (Lipinski definition) is 1. The van der Waals surface area contributed by atoms with Gasteiger partial charge in [-0.25, -0.2) is 4.98 Å². The number of alkyl halides is 3. The third-order valence-electron chi connectivity index (χ3n) is 2.72. The average Bonchev–Trinajstić information content (AvgIpc) is 2.42. The van der Waals surface area contributed by atoms with Crippen LogP contribution in [0.1, 0.15) is 21.6 Å². The Balaban J connectivity index is 2.22. The minimum atomic E-state index is -4.48. The number of carbonyl (C=O) groups is 1. The Morgan fingerprint density at radius 1 is 1.24 bits per heavy atom. The molecule has 3 nitrogen and oxygen atoms in total. The van der Waals surface area contributed by atoms with Crippen LogP contribution in [0.2, 0.25) is 0 Å². The van der Waals surface area contributed by atoms with Crippen molar-refractivity contribution in [3.05, 3.63) is 57.7 Å². The molecule has 0 saturated carbocycles. The van der Waals surface area contributed by atoms with Crippen molar-refractivity contribution in [1.29, 1.82) is 0 Å². The molecule has 0 unspecified atom stereocenters. The zero-order chi connectivity index (χ0) is 15.6. The molecule has 110 valence electrons. The predicted molar refractivity (Wildman–Crippen MR) is 76.1 cm³/mol. The van der Waals surface area contributed by atoms with Crippen molar-refractivity contribution in [3.63, 3.8) is 0 Å². The second kappa shape index (κ2) is 5.85. The van der Waals surface area contributed by atoms with Crippen LogP contribution in [0.25, 0.3) is 0 Å². The summed E-state index contributed by atoms with van der Waals surface area (Å²) < 4.78 is 38.6. The Bertz CT molecular complexity index is 686. The number of hydrogen-bond acceptors (Lipinski definition) is 2. The second-order valence-corrected chi connectivity index (χ2v) is 5.15. The molecule has 1 aromatic carbocycles. The third-order valence-corrected chi connectivity index (χ3v) is 3.55. The van der Waals surface area contributed by atoms with E-state index >= 15 is 0 Å². The first kappa shape index (κ1) is 15.5. The van der Waals surface area contributed by atoms with E-state index in [0.29, 0.717) is 5.69 Å². The van der Waals surface area contributed by atoms with Crippen LogP contribution < -0.4 is 5.32 Å². The van der Waals surface area contributed by atoms with Crippen LogP contribution in [0.3, 0.4) is 0 Å². The Labute approximate surface area is 127 Å². The molecule has 1 aromatic heterocycles. The van der Waals surface area contributed by atoms with Crippen molar-refractivity contribution in [2.45, 2.75) is 13.1 Å². The molecule has 1 heterocycles. The zero-order valence-corrected chi connectivity index (χ0v) is 12.4. The normalized spacial score (nSPS) is 11.3. The molecule has 2 aromatic rings. The molecule has 0 aliphatic rings. The molecular formula is C14H10BrF3N2O. The van der Waals surface area contributed by atoms with Gasteiger partial charge in [-0.15, -0.1) is 0 Å². The maximum absolute atomic E-state index is 12.6. The smallest absolute Gasteiger partial charge is 0.307 e. The lowest BCUT2D eigenvalue weighted by Crippen LogP contribution is -2.15. The maximum atomic E-state index is 12.6. The third kappa shape index (κ3) is 3.81. The number of benzene rings is 1. The fourth-order valence-electron chi connectivity index (χ4n) is 1.64. The Morgan fingerprint density at radius 3 is 2.57 bits per heavy atom. The van der Waals surface area contributed by atoms with Crippen molar-refractivity contribution in [2.24, 2.45) is 0 Å². The van der Waals surface area contributed by atoms with Gasteiger partial charge in [0, 0.05) is 10.0 Å². The van der Waals surface area contributed by atoms with Gasteiger partial charge < -0.3 is 5.32 Å². The first-order valence-electron chi connectivity index (χ1n) is 5.89. The molecule has 1 amide bonds. The zero-order valence-electron chi connectivity index (χ0n) is 10.8. The first-order valence-corrected chi connectivity index (χ1v) is 6.68. The highest BCUT2D eigenvalue weighted by Crippen LogP contribution is 2.29. The number of carbonyl (C=O) groups excluding carboxylic acids is 1. The maximum Gasteiger partial charge on any atom is 0.416 e. The fraction of sp³-hybridized carbons (Fsp3) is 0.143. The molecule has 21 heavy (non-hydrogen) atoms. The number of nitrogens with zero attached hydrogens (tertiary/aromatic N) is 1. The van der Waals surface area contributed by atoms with Crippen LogP contribution in [-0.4, -0.2) is 10.9 Å². The quantitative estimate of drug-likeness (QED) is 0.862. The number of amides is 1. The average molecular weight is 359 g/mol. The number of aromatic nitrogens is 1. The van der Waals surface area contributed by atoms with E-state index in [4.69, 9.17) is 0 Å². The number of pyridine rings is 1. The van der Waals surface area contributed by atoms with Gasteiger partial charge in [-0.1, -0.05) is 6.07 Å². The number of aryl methyl sites for hydroxylation is 1. The highest BCUT2D eigenvalue weighted by molar-refractivity contribution is 9.10. The van der Waals surface area contributed by atoms with Crippen molar-refractivity contribution in [2.75, 3.05) is 5.32 Å². The lowest BCUT2D eigenvalue weighted by Gasteiger charge is -2.09. The molecule has 0 atom stereocenters. The molecular weight excluding hydrogens is 349 g/mol. The summed E-state index contributed by atoms with van der Waals surface area (Å²) >= 11 is 3.27. The predicted octanol–water partition coefficient (Wildman–Crippen LogP) is 4.42. The van der Waals surface area contributed by atoms with E-state index in [9.17, 15) is 18.0 Å². The molecule has 0 bridgehead atoms. The van der Waals surface area contributed by atoms with E-state index in [1.165, 1.54) is 12.1 Å². The summed E-state index contributed by atoms with van der Waals surface area (Å²) in [4.78, 5) is 16.1. The van der Waals surface area contributed by atoms with Gasteiger partial charge in [0.1, 0.15) is 5.82 Å². The Hall–Kier alpha value is -1.89. The van der Waals surface area contributed by atoms with Crippen molar-refractivity contribution in [3.8, 4) is 0 Å². The van der Waals surface area contributed by atoms with E-state index in [1.807, 2.05) is 0 Å². The Morgan fingerprint density at radius 2 is 1.95 bits per heavy atom. The van der Waals surface area contributed by atoms with Gasteiger partial charge in [0.25, 0.3) is 5.91 Å². The molecule has 0 aliphatic heterocycles. The lowest BCUT2D eigenvalue weighted by atomic mass is 10.1. The van der Waals surface area contributed by atoms with Gasteiger partial charge in [0.2, 0.25) is 0 Å². The van der Waals surface area contributed by atoms with Gasteiger partial charge in [-0.2, -0.15) is 13.2 Å². The SMILES string of the molecule is Cc1nc(NC(=O)c2cccc(C(F)(F)F)c2)ccc1Br. The molecule has 0 saturated heterocycles. The Kier molecular flexibility index (Phi) is 4.32. The van der Waals surface area contributed by atoms with Gasteiger partial charge in [-0.3, -0.25) is 4.79 Å². The van der Waals surface area contributed by atoms with E-state index in [0.717, 1.165) is 16.6 Å². The molecule has 0 fully saturated rings. The monoisotopic (exact) mass is 358 g/mol. The van der Waals surface area contributed by atoms with Gasteiger partial charge in [0.05, 0.1) is 11.3 Å². The molecule has 7 heteroatoms. The topological polar surface area (TPSA) is 42.0 Å². The summed E-state index contributed by atoms with van der Waals surface area (Å²) in [6, 6.07) is 7.49.